The molecule has 0 unspecified atom stereocenters. The number of rotatable bonds is 5. The number of aromatic nitrogens is 2. The number of hydrogen-bond donors (Lipinski definition) is 2. The van der Waals surface area contributed by atoms with E-state index in [4.69, 9.17) is 9.94 Å². The van der Waals surface area contributed by atoms with Gasteiger partial charge in [0.05, 0.1) is 23.1 Å². The van der Waals surface area contributed by atoms with E-state index in [0.717, 1.165) is 12.1 Å². The number of hydroxylamine groups is 1. The van der Waals surface area contributed by atoms with Crippen molar-refractivity contribution in [3.63, 3.8) is 0 Å². The average Bonchev–Trinajstić information content (AvgIpc) is 2.99. The largest absolute Gasteiger partial charge is 0.492 e. The van der Waals surface area contributed by atoms with E-state index in [0.29, 0.717) is 17.6 Å². The molecule has 124 valence electrons. The minimum absolute atomic E-state index is 0.214. The molecule has 0 bridgehead atoms. The molecule has 0 spiro atoms. The maximum Gasteiger partial charge on any atom is 0.276 e. The van der Waals surface area contributed by atoms with Gasteiger partial charge in [-0.2, -0.15) is 0 Å². The summed E-state index contributed by atoms with van der Waals surface area (Å²) in [5.74, 6) is -2.33. The standard InChI is InChI=1S/C16H13F2N3O3/c17-12-2-1-11(8-13(12)18)24-6-5-21-4-3-14-15(21)7-10(9-19-14)16(22)20-23/h1-4,7-9,23H,5-6H2,(H,20,22). The van der Waals surface area contributed by atoms with E-state index < -0.39 is 17.5 Å². The Hall–Kier alpha value is -3.00. The number of hydrogen-bond acceptors (Lipinski definition) is 4. The molecule has 0 atom stereocenters. The van der Waals surface area contributed by atoms with Crippen LogP contribution in [0.1, 0.15) is 10.4 Å². The third-order valence-corrected chi connectivity index (χ3v) is 3.47. The van der Waals surface area contributed by atoms with Gasteiger partial charge >= 0.3 is 0 Å². The zero-order valence-corrected chi connectivity index (χ0v) is 12.4. The van der Waals surface area contributed by atoms with Gasteiger partial charge in [-0.3, -0.25) is 15.0 Å². The van der Waals surface area contributed by atoms with Gasteiger partial charge in [0.15, 0.2) is 11.6 Å². The van der Waals surface area contributed by atoms with E-state index >= 15 is 0 Å². The Balaban J connectivity index is 1.72. The smallest absolute Gasteiger partial charge is 0.276 e. The van der Waals surface area contributed by atoms with Gasteiger partial charge in [-0.15, -0.1) is 0 Å². The Bertz CT molecular complexity index is 895. The van der Waals surface area contributed by atoms with Crippen molar-refractivity contribution in [1.29, 1.82) is 0 Å². The molecule has 0 saturated heterocycles. The SMILES string of the molecule is O=C(NO)c1cnc2ccn(CCOc3ccc(F)c(F)c3)c2c1. The lowest BCUT2D eigenvalue weighted by Gasteiger charge is -2.09. The van der Waals surface area contributed by atoms with Crippen molar-refractivity contribution in [3.8, 4) is 5.75 Å². The summed E-state index contributed by atoms with van der Waals surface area (Å²) in [5.41, 5.74) is 3.13. The Labute approximate surface area is 135 Å². The predicted molar refractivity (Wildman–Crippen MR) is 80.8 cm³/mol. The van der Waals surface area contributed by atoms with Crippen LogP contribution in [-0.2, 0) is 6.54 Å². The molecule has 0 saturated carbocycles. The molecule has 8 heteroatoms. The first-order valence-electron chi connectivity index (χ1n) is 7.05. The number of halogens is 2. The monoisotopic (exact) mass is 333 g/mol. The maximum absolute atomic E-state index is 13.1. The first-order valence-corrected chi connectivity index (χ1v) is 7.05. The fraction of sp³-hybridized carbons (Fsp3) is 0.125. The number of amides is 1. The molecule has 6 nitrogen and oxygen atoms in total. The molecule has 3 rings (SSSR count). The van der Waals surface area contributed by atoms with Crippen LogP contribution in [0, 0.1) is 11.6 Å². The molecule has 0 fully saturated rings. The van der Waals surface area contributed by atoms with Gasteiger partial charge in [-0.25, -0.2) is 14.3 Å². The number of fused-ring (bicyclic) bond motifs is 1. The molecular formula is C16H13F2N3O3. The lowest BCUT2D eigenvalue weighted by atomic mass is 10.2. The van der Waals surface area contributed by atoms with Crippen molar-refractivity contribution in [2.45, 2.75) is 6.54 Å². The van der Waals surface area contributed by atoms with Crippen LogP contribution < -0.4 is 10.2 Å². The number of ether oxygens (including phenoxy) is 1. The van der Waals surface area contributed by atoms with Crippen molar-refractivity contribution in [2.24, 2.45) is 0 Å². The summed E-state index contributed by atoms with van der Waals surface area (Å²) in [6, 6.07) is 6.68. The minimum atomic E-state index is -0.970. The number of carbonyl (C=O) groups is 1. The molecule has 0 aliphatic rings. The van der Waals surface area contributed by atoms with Crippen LogP contribution in [0.25, 0.3) is 11.0 Å². The molecular weight excluding hydrogens is 320 g/mol. The van der Waals surface area contributed by atoms with Gasteiger partial charge in [-0.1, -0.05) is 0 Å². The normalized spacial score (nSPS) is 10.8. The third-order valence-electron chi connectivity index (χ3n) is 3.47. The van der Waals surface area contributed by atoms with E-state index in [1.54, 1.807) is 28.4 Å². The quantitative estimate of drug-likeness (QED) is 0.556. The Morgan fingerprint density at radius 3 is 2.83 bits per heavy atom. The van der Waals surface area contributed by atoms with Crippen molar-refractivity contribution >= 4 is 16.9 Å². The predicted octanol–water partition coefficient (Wildman–Crippen LogP) is 2.51. The summed E-state index contributed by atoms with van der Waals surface area (Å²) in [4.78, 5) is 15.6. The fourth-order valence-electron chi connectivity index (χ4n) is 2.28. The number of nitrogens with zero attached hydrogens (tertiary/aromatic N) is 2. The van der Waals surface area contributed by atoms with E-state index in [-0.39, 0.29) is 17.9 Å². The molecule has 3 aromatic rings. The Morgan fingerprint density at radius 1 is 1.25 bits per heavy atom. The summed E-state index contributed by atoms with van der Waals surface area (Å²) in [6.07, 6.45) is 3.13. The maximum atomic E-state index is 13.1. The number of benzene rings is 1. The highest BCUT2D eigenvalue weighted by atomic mass is 19.2. The third kappa shape index (κ3) is 3.18. The fourth-order valence-corrected chi connectivity index (χ4v) is 2.28. The summed E-state index contributed by atoms with van der Waals surface area (Å²) in [7, 11) is 0. The van der Waals surface area contributed by atoms with Gasteiger partial charge in [0.25, 0.3) is 5.91 Å². The van der Waals surface area contributed by atoms with Crippen LogP contribution >= 0.6 is 0 Å². The topological polar surface area (TPSA) is 76.4 Å². The van der Waals surface area contributed by atoms with E-state index in [1.807, 2.05) is 0 Å². The minimum Gasteiger partial charge on any atom is -0.492 e. The van der Waals surface area contributed by atoms with Gasteiger partial charge in [0, 0.05) is 18.5 Å². The molecule has 1 amide bonds. The summed E-state index contributed by atoms with van der Waals surface area (Å²) >= 11 is 0. The van der Waals surface area contributed by atoms with E-state index in [1.165, 1.54) is 12.3 Å². The summed E-state index contributed by atoms with van der Waals surface area (Å²) in [5, 5.41) is 8.68. The van der Waals surface area contributed by atoms with Gasteiger partial charge in [0.1, 0.15) is 12.4 Å². The van der Waals surface area contributed by atoms with Crippen LogP contribution in [0.4, 0.5) is 8.78 Å². The van der Waals surface area contributed by atoms with Gasteiger partial charge < -0.3 is 9.30 Å². The summed E-state index contributed by atoms with van der Waals surface area (Å²) < 4.78 is 33.2. The van der Waals surface area contributed by atoms with Crippen LogP contribution in [-0.4, -0.2) is 27.3 Å². The molecule has 1 aromatic carbocycles. The van der Waals surface area contributed by atoms with Crippen LogP contribution in [0.3, 0.4) is 0 Å². The van der Waals surface area contributed by atoms with Gasteiger partial charge in [0.2, 0.25) is 0 Å². The molecule has 0 aliphatic heterocycles. The molecule has 0 aliphatic carbocycles. The molecule has 2 N–H and O–H groups in total. The van der Waals surface area contributed by atoms with Crippen molar-refractivity contribution < 1.29 is 23.5 Å². The Kier molecular flexibility index (Phi) is 4.39. The van der Waals surface area contributed by atoms with Gasteiger partial charge in [-0.05, 0) is 24.3 Å². The molecule has 24 heavy (non-hydrogen) atoms. The molecule has 2 heterocycles. The lowest BCUT2D eigenvalue weighted by Crippen LogP contribution is -2.18. The zero-order chi connectivity index (χ0) is 17.1. The van der Waals surface area contributed by atoms with E-state index in [9.17, 15) is 13.6 Å². The van der Waals surface area contributed by atoms with Crippen molar-refractivity contribution in [3.05, 3.63) is 59.9 Å². The second kappa shape index (κ2) is 6.63. The first kappa shape index (κ1) is 15.9. The van der Waals surface area contributed by atoms with E-state index in [2.05, 4.69) is 4.98 Å². The lowest BCUT2D eigenvalue weighted by molar-refractivity contribution is 0.0706. The highest BCUT2D eigenvalue weighted by Gasteiger charge is 2.09. The first-order chi connectivity index (χ1) is 11.6. The van der Waals surface area contributed by atoms with Crippen LogP contribution in [0.5, 0.6) is 5.75 Å². The second-order valence-corrected chi connectivity index (χ2v) is 5.00. The highest BCUT2D eigenvalue weighted by molar-refractivity contribution is 5.96. The van der Waals surface area contributed by atoms with Crippen LogP contribution in [0.2, 0.25) is 0 Å². The summed E-state index contributed by atoms with van der Waals surface area (Å²) in [6.45, 7) is 0.625. The number of carbonyl (C=O) groups excluding carboxylic acids is 1. The second-order valence-electron chi connectivity index (χ2n) is 5.00. The molecule has 2 aromatic heterocycles. The zero-order valence-electron chi connectivity index (χ0n) is 12.4. The highest BCUT2D eigenvalue weighted by Crippen LogP contribution is 2.17. The van der Waals surface area contributed by atoms with Crippen molar-refractivity contribution in [1.82, 2.24) is 15.0 Å². The van der Waals surface area contributed by atoms with Crippen molar-refractivity contribution in [2.75, 3.05) is 6.61 Å². The molecule has 0 radical (unpaired) electrons. The number of nitrogens with one attached hydrogen (secondary N) is 1. The Morgan fingerprint density at radius 2 is 2.08 bits per heavy atom. The number of pyridine rings is 1. The van der Waals surface area contributed by atoms with Crippen LogP contribution in [0.15, 0.2) is 42.7 Å². The average molecular weight is 333 g/mol.